The van der Waals surface area contributed by atoms with Crippen molar-refractivity contribution in [2.45, 2.75) is 192 Å². The highest BCUT2D eigenvalue weighted by Gasteiger charge is 2.51. The minimum Gasteiger partial charge on any atom is -0.379 e. The normalized spacial score (nSPS) is 18.6. The summed E-state index contributed by atoms with van der Waals surface area (Å²) >= 11 is 6.12. The number of morpholine rings is 1. The topological polar surface area (TPSA) is 303 Å². The van der Waals surface area contributed by atoms with Crippen molar-refractivity contribution < 1.29 is 80.2 Å². The van der Waals surface area contributed by atoms with Crippen LogP contribution in [0.4, 0.5) is 13.2 Å². The molecule has 12 amide bonds. The third-order valence-electron chi connectivity index (χ3n) is 20.2. The minimum atomic E-state index is -4.77. The third kappa shape index (κ3) is 21.2. The van der Waals surface area contributed by atoms with E-state index in [1.165, 1.54) is 84.8 Å². The number of carbonyl (C=O) groups is 12. The van der Waals surface area contributed by atoms with E-state index in [4.69, 9.17) is 26.8 Å². The van der Waals surface area contributed by atoms with E-state index >= 15 is 19.2 Å². The molecule has 2 heterocycles. The van der Waals surface area contributed by atoms with Crippen molar-refractivity contribution in [2.24, 2.45) is 23.5 Å². The summed E-state index contributed by atoms with van der Waals surface area (Å²) in [4.78, 5) is 182. The van der Waals surface area contributed by atoms with E-state index in [-0.39, 0.29) is 114 Å². The highest BCUT2D eigenvalue weighted by Crippen LogP contribution is 2.38. The summed E-state index contributed by atoms with van der Waals surface area (Å²) in [5, 5.41) is 5.14. The molecule has 8 atom stereocenters. The lowest BCUT2D eigenvalue weighted by Crippen LogP contribution is -2.65. The number of hydrogen-bond donors (Lipinski definition) is 3. The molecule has 550 valence electrons. The number of nitrogens with one attached hydrogen (secondary N) is 2. The summed E-state index contributed by atoms with van der Waals surface area (Å²) in [6, 6.07) is -4.41. The zero-order valence-corrected chi connectivity index (χ0v) is 60.1. The number of carbonyl (C=O) groups excluding carboxylic acids is 12. The second-order valence-corrected chi connectivity index (χ2v) is 27.5. The van der Waals surface area contributed by atoms with Crippen LogP contribution in [0.1, 0.15) is 148 Å². The van der Waals surface area contributed by atoms with Gasteiger partial charge in [0, 0.05) is 81.5 Å². The number of aryl methyl sites for hydroxylation is 1. The Morgan fingerprint density at radius 3 is 1.89 bits per heavy atom. The SMILES string of the molecule is CCCOC[C@@H](C(=O)N(C)CC(=O)N[C@@H](CCc1ccc(C(F)(F)F)c(Cl)c1)C(=O)N1CCC[C@H]1C(=O)NC1(C(=O)N(C)[C@H](C(=O)N(C)[C@@H](CC(=O)N(C)[C@@H](CC)C(N)=O)C(=O)N2CCOCC2)C2CCCCC2)CCCC1)N(C)C(=O)CN(C)C(=O)CN(C)C(=O)[C@@H](C)[C@@H](C)CC. The van der Waals surface area contributed by atoms with Crippen molar-refractivity contribution in [1.82, 2.24) is 54.7 Å². The number of amides is 12. The van der Waals surface area contributed by atoms with E-state index in [0.717, 1.165) is 52.5 Å². The molecule has 0 bridgehead atoms. The predicted molar refractivity (Wildman–Crippen MR) is 358 cm³/mol. The van der Waals surface area contributed by atoms with Crippen LogP contribution in [0, 0.1) is 17.8 Å². The molecule has 0 aromatic heterocycles. The summed E-state index contributed by atoms with van der Waals surface area (Å²) in [6.45, 7) is 8.49. The van der Waals surface area contributed by atoms with Crippen molar-refractivity contribution in [3.05, 3.63) is 34.3 Å². The minimum absolute atomic E-state index is 0.0103. The zero-order chi connectivity index (χ0) is 73.1. The van der Waals surface area contributed by atoms with Gasteiger partial charge >= 0.3 is 6.18 Å². The number of hydrogen-bond acceptors (Lipinski definition) is 14. The summed E-state index contributed by atoms with van der Waals surface area (Å²) in [7, 11) is 9.86. The molecule has 98 heavy (non-hydrogen) atoms. The molecule has 2 saturated carbocycles. The molecule has 1 aromatic rings. The van der Waals surface area contributed by atoms with Gasteiger partial charge in [-0.1, -0.05) is 90.8 Å². The van der Waals surface area contributed by atoms with Gasteiger partial charge in [-0.3, -0.25) is 57.5 Å². The monoisotopic (exact) mass is 1410 g/mol. The first kappa shape index (κ1) is 81.5. The summed E-state index contributed by atoms with van der Waals surface area (Å²) in [5.74, 6) is -8.22. The average molecular weight is 1410 g/mol. The lowest BCUT2D eigenvalue weighted by Gasteiger charge is -2.43. The summed E-state index contributed by atoms with van der Waals surface area (Å²) in [5.41, 5.74) is 3.26. The molecular weight excluding hydrogens is 1300 g/mol. The van der Waals surface area contributed by atoms with Crippen LogP contribution >= 0.6 is 11.6 Å². The van der Waals surface area contributed by atoms with Crippen LogP contribution in [-0.2, 0) is 79.6 Å². The molecule has 0 unspecified atom stereocenters. The van der Waals surface area contributed by atoms with E-state index in [1.807, 2.05) is 20.8 Å². The van der Waals surface area contributed by atoms with Crippen LogP contribution in [0.5, 0.6) is 0 Å². The first-order valence-electron chi connectivity index (χ1n) is 34.5. The Labute approximate surface area is 579 Å². The maximum Gasteiger partial charge on any atom is 0.417 e. The Morgan fingerprint density at radius 2 is 1.31 bits per heavy atom. The van der Waals surface area contributed by atoms with Crippen LogP contribution in [0.15, 0.2) is 18.2 Å². The Bertz CT molecular complexity index is 2980. The summed E-state index contributed by atoms with van der Waals surface area (Å²) < 4.78 is 52.7. The smallest absolute Gasteiger partial charge is 0.379 e. The first-order valence-corrected chi connectivity index (χ1v) is 34.8. The van der Waals surface area contributed by atoms with Gasteiger partial charge in [0.05, 0.1) is 56.5 Å². The lowest BCUT2D eigenvalue weighted by molar-refractivity contribution is -0.157. The van der Waals surface area contributed by atoms with Crippen LogP contribution in [-0.4, -0.2) is 272 Å². The molecular formula is C68H106ClF3N12O14. The first-order chi connectivity index (χ1) is 46.2. The molecule has 4 N–H and O–H groups in total. The van der Waals surface area contributed by atoms with Crippen LogP contribution in [0.25, 0.3) is 0 Å². The molecule has 2 saturated heterocycles. The molecule has 30 heteroatoms. The van der Waals surface area contributed by atoms with Gasteiger partial charge in [0.1, 0.15) is 41.8 Å². The Balaban J connectivity index is 1.40. The molecule has 1 aromatic carbocycles. The maximum absolute atomic E-state index is 15.5. The average Bonchev–Trinajstić information content (AvgIpc) is 1.55. The standard InChI is InChI=1S/C68H106ClF3N12O14/c1-13-34-98-42-53(80(10)57(88)41-76(6)56(87)40-78(8)61(91)44(5)43(4)14-2)63(93)77(7)39-54(85)74-49(28-26-45-25-27-47(48(69)37-45)68(70,71)72)62(92)84-31-21-24-51(84)60(90)75-67(29-19-20-30-67)66(96)82(12)58(46-22-17-16-18-23-46)65(95)81(11)52(64(94)83-32-35-97-36-33-83)38-55(86)79(9)50(15-3)59(73)89/h25,27,37,43-44,46,49-53,58H,13-24,26,28-36,38-42H2,1-12H3,(H2,73,89)(H,74,85)(H,75,90)/t43-,44-,49-,50-,51-,52-,53-,58-/m0/s1. The van der Waals surface area contributed by atoms with Crippen LogP contribution in [0.3, 0.4) is 0 Å². The number of nitrogens with two attached hydrogens (primary N) is 1. The van der Waals surface area contributed by atoms with E-state index in [2.05, 4.69) is 10.6 Å². The Morgan fingerprint density at radius 1 is 0.694 bits per heavy atom. The molecule has 2 aliphatic carbocycles. The number of nitrogens with zero attached hydrogens (tertiary/aromatic N) is 9. The fraction of sp³-hybridized carbons (Fsp3) is 0.735. The number of rotatable bonds is 33. The number of ether oxygens (including phenoxy) is 2. The van der Waals surface area contributed by atoms with Gasteiger partial charge in [0.15, 0.2) is 0 Å². The van der Waals surface area contributed by atoms with Crippen molar-refractivity contribution in [3.63, 3.8) is 0 Å². The van der Waals surface area contributed by atoms with Gasteiger partial charge in [0.2, 0.25) is 70.9 Å². The molecule has 5 rings (SSSR count). The maximum atomic E-state index is 15.5. The molecule has 4 fully saturated rings. The number of primary amides is 1. The predicted octanol–water partition coefficient (Wildman–Crippen LogP) is 3.71. The molecule has 26 nitrogen and oxygen atoms in total. The van der Waals surface area contributed by atoms with Gasteiger partial charge < -0.3 is 69.9 Å². The Hall–Kier alpha value is -7.14. The highest BCUT2D eigenvalue weighted by molar-refractivity contribution is 6.31. The fourth-order valence-electron chi connectivity index (χ4n) is 13.6. The number of likely N-dealkylation sites (N-methyl/N-ethyl adjacent to an activating group) is 7. The highest BCUT2D eigenvalue weighted by atomic mass is 35.5. The van der Waals surface area contributed by atoms with Gasteiger partial charge in [-0.2, -0.15) is 13.2 Å². The van der Waals surface area contributed by atoms with Crippen LogP contribution in [0.2, 0.25) is 5.02 Å². The summed E-state index contributed by atoms with van der Waals surface area (Å²) in [6.07, 6.45) is 1.12. The molecule has 2 aliphatic heterocycles. The number of halogens is 4. The van der Waals surface area contributed by atoms with Crippen molar-refractivity contribution in [2.75, 3.05) is 115 Å². The largest absolute Gasteiger partial charge is 0.417 e. The van der Waals surface area contributed by atoms with E-state index in [9.17, 15) is 51.5 Å². The van der Waals surface area contributed by atoms with Gasteiger partial charge in [-0.25, -0.2) is 0 Å². The second kappa shape index (κ2) is 37.3. The number of alkyl halides is 3. The number of likely N-dealkylation sites (tertiary alicyclic amines) is 1. The van der Waals surface area contributed by atoms with Gasteiger partial charge in [-0.15, -0.1) is 0 Å². The van der Waals surface area contributed by atoms with Crippen molar-refractivity contribution in [1.29, 1.82) is 0 Å². The van der Waals surface area contributed by atoms with Crippen molar-refractivity contribution in [3.8, 4) is 0 Å². The lowest BCUT2D eigenvalue weighted by atomic mass is 9.81. The molecule has 0 spiro atoms. The van der Waals surface area contributed by atoms with Gasteiger partial charge in [0.25, 0.3) is 0 Å². The Kier molecular flexibility index (Phi) is 31.1. The van der Waals surface area contributed by atoms with Crippen LogP contribution < -0.4 is 16.4 Å². The second-order valence-electron chi connectivity index (χ2n) is 27.0. The van der Waals surface area contributed by atoms with E-state index in [0.29, 0.717) is 38.5 Å². The molecule has 4 aliphatic rings. The fourth-order valence-corrected chi connectivity index (χ4v) is 13.9. The van der Waals surface area contributed by atoms with Crippen molar-refractivity contribution >= 4 is 82.5 Å². The van der Waals surface area contributed by atoms with E-state index in [1.54, 1.807) is 13.8 Å². The molecule has 0 radical (unpaired) electrons. The zero-order valence-electron chi connectivity index (χ0n) is 59.3. The van der Waals surface area contributed by atoms with E-state index < -0.39 is 149 Å². The number of benzene rings is 1. The van der Waals surface area contributed by atoms with Gasteiger partial charge in [-0.05, 0) is 93.7 Å². The third-order valence-corrected chi connectivity index (χ3v) is 20.5. The quantitative estimate of drug-likeness (QED) is 0.0846.